The molecule has 0 radical (unpaired) electrons. The van der Waals surface area contributed by atoms with Crippen LogP contribution in [0.2, 0.25) is 0 Å². The van der Waals surface area contributed by atoms with Crippen molar-refractivity contribution in [3.8, 4) is 16.7 Å². The summed E-state index contributed by atoms with van der Waals surface area (Å²) in [6.45, 7) is 5.75. The molecular formula is C24H29N3O3S. The molecule has 0 spiro atoms. The third kappa shape index (κ3) is 5.18. The molecule has 3 heterocycles. The second-order valence-electron chi connectivity index (χ2n) is 8.38. The van der Waals surface area contributed by atoms with Gasteiger partial charge < -0.3 is 14.6 Å². The van der Waals surface area contributed by atoms with Crippen molar-refractivity contribution in [3.63, 3.8) is 0 Å². The molecule has 7 heteroatoms. The Labute approximate surface area is 187 Å². The highest BCUT2D eigenvalue weighted by Crippen LogP contribution is 2.31. The van der Waals surface area contributed by atoms with Crippen LogP contribution in [0, 0.1) is 0 Å². The minimum atomic E-state index is -0.121. The molecule has 1 N–H and O–H groups in total. The third-order valence-corrected chi connectivity index (χ3v) is 7.16. The Morgan fingerprint density at radius 2 is 1.74 bits per heavy atom. The molecule has 0 amide bonds. The summed E-state index contributed by atoms with van der Waals surface area (Å²) in [5.74, 6) is 1.62. The van der Waals surface area contributed by atoms with E-state index in [0.29, 0.717) is 17.8 Å². The van der Waals surface area contributed by atoms with E-state index < -0.39 is 0 Å². The summed E-state index contributed by atoms with van der Waals surface area (Å²) in [7, 11) is 0. The molecule has 0 saturated carbocycles. The number of benzene rings is 2. The van der Waals surface area contributed by atoms with Crippen molar-refractivity contribution >= 4 is 21.6 Å². The molecule has 2 aromatic carbocycles. The van der Waals surface area contributed by atoms with E-state index in [9.17, 15) is 5.11 Å². The number of aliphatic hydroxyl groups is 1. The maximum absolute atomic E-state index is 9.75. The van der Waals surface area contributed by atoms with Crippen LogP contribution in [0.5, 0.6) is 16.7 Å². The van der Waals surface area contributed by atoms with Crippen molar-refractivity contribution in [2.24, 2.45) is 0 Å². The molecular weight excluding hydrogens is 410 g/mol. The molecule has 1 atom stereocenters. The molecule has 5 rings (SSSR count). The van der Waals surface area contributed by atoms with Gasteiger partial charge in [-0.05, 0) is 68.8 Å². The van der Waals surface area contributed by atoms with Crippen LogP contribution in [0.1, 0.15) is 19.3 Å². The molecule has 164 valence electrons. The number of hydrogen-bond acceptors (Lipinski definition) is 7. The number of hydrogen-bond donors (Lipinski definition) is 1. The molecule has 3 aromatic rings. The van der Waals surface area contributed by atoms with E-state index in [1.54, 1.807) is 11.3 Å². The minimum absolute atomic E-state index is 0.121. The van der Waals surface area contributed by atoms with Crippen molar-refractivity contribution < 1.29 is 14.6 Å². The summed E-state index contributed by atoms with van der Waals surface area (Å²) in [4.78, 5) is 9.46. The summed E-state index contributed by atoms with van der Waals surface area (Å²) >= 11 is 1.55. The Bertz CT molecular complexity index is 952. The van der Waals surface area contributed by atoms with Crippen molar-refractivity contribution in [2.75, 3.05) is 39.3 Å². The lowest BCUT2D eigenvalue weighted by atomic mass is 10.0. The summed E-state index contributed by atoms with van der Waals surface area (Å²) in [6, 6.07) is 16.4. The van der Waals surface area contributed by atoms with Crippen LogP contribution < -0.4 is 9.47 Å². The summed E-state index contributed by atoms with van der Waals surface area (Å²) in [5, 5.41) is 10.4. The highest BCUT2D eigenvalue weighted by molar-refractivity contribution is 7.20. The van der Waals surface area contributed by atoms with Crippen molar-refractivity contribution in [2.45, 2.75) is 31.4 Å². The SMILES string of the molecule is O[C@H]1CCN(C2CCN(CCOc3ccc(Oc4nc5ccccc5s4)cc3)CC2)C1. The smallest absolute Gasteiger partial charge is 0.279 e. The van der Waals surface area contributed by atoms with Gasteiger partial charge in [-0.25, -0.2) is 4.98 Å². The highest BCUT2D eigenvalue weighted by Gasteiger charge is 2.29. The first-order valence-electron chi connectivity index (χ1n) is 11.1. The number of para-hydroxylation sites is 1. The number of piperidine rings is 1. The fourth-order valence-corrected chi connectivity index (χ4v) is 5.33. The second-order valence-corrected chi connectivity index (χ2v) is 9.37. The quantitative estimate of drug-likeness (QED) is 0.601. The number of rotatable bonds is 7. The van der Waals surface area contributed by atoms with E-state index in [-0.39, 0.29) is 6.10 Å². The summed E-state index contributed by atoms with van der Waals surface area (Å²) < 4.78 is 13.0. The molecule has 0 bridgehead atoms. The van der Waals surface area contributed by atoms with E-state index in [1.807, 2.05) is 42.5 Å². The Kier molecular flexibility index (Phi) is 6.36. The normalized spacial score (nSPS) is 21.0. The fourth-order valence-electron chi connectivity index (χ4n) is 4.50. The van der Waals surface area contributed by atoms with E-state index in [0.717, 1.165) is 60.9 Å². The molecule has 2 aliphatic heterocycles. The molecule has 2 saturated heterocycles. The average molecular weight is 440 g/mol. The van der Waals surface area contributed by atoms with Gasteiger partial charge >= 0.3 is 0 Å². The van der Waals surface area contributed by atoms with Crippen LogP contribution in [-0.2, 0) is 0 Å². The van der Waals surface area contributed by atoms with E-state index in [4.69, 9.17) is 9.47 Å². The van der Waals surface area contributed by atoms with Gasteiger partial charge in [-0.15, -0.1) is 0 Å². The predicted molar refractivity (Wildman–Crippen MR) is 123 cm³/mol. The number of ether oxygens (including phenoxy) is 2. The number of thiazole rings is 1. The molecule has 2 aliphatic rings. The third-order valence-electron chi connectivity index (χ3n) is 6.25. The molecule has 1 aromatic heterocycles. The fraction of sp³-hybridized carbons (Fsp3) is 0.458. The average Bonchev–Trinajstić information content (AvgIpc) is 3.41. The van der Waals surface area contributed by atoms with Crippen molar-refractivity contribution in [1.82, 2.24) is 14.8 Å². The van der Waals surface area contributed by atoms with Crippen LogP contribution in [0.15, 0.2) is 48.5 Å². The van der Waals surface area contributed by atoms with Gasteiger partial charge in [0.05, 0.1) is 16.3 Å². The largest absolute Gasteiger partial charge is 0.492 e. The zero-order valence-electron chi connectivity index (χ0n) is 17.7. The molecule has 31 heavy (non-hydrogen) atoms. The Balaban J connectivity index is 1.05. The first kappa shape index (κ1) is 20.7. The Morgan fingerprint density at radius 3 is 2.48 bits per heavy atom. The summed E-state index contributed by atoms with van der Waals surface area (Å²) in [5.41, 5.74) is 0.963. The topological polar surface area (TPSA) is 58.1 Å². The maximum atomic E-state index is 9.75. The lowest BCUT2D eigenvalue weighted by molar-refractivity contribution is 0.101. The Morgan fingerprint density at radius 1 is 0.968 bits per heavy atom. The van der Waals surface area contributed by atoms with E-state index >= 15 is 0 Å². The van der Waals surface area contributed by atoms with Gasteiger partial charge in [0.25, 0.3) is 5.19 Å². The lowest BCUT2D eigenvalue weighted by Crippen LogP contribution is -2.45. The monoisotopic (exact) mass is 439 g/mol. The van der Waals surface area contributed by atoms with E-state index in [2.05, 4.69) is 20.9 Å². The second kappa shape index (κ2) is 9.53. The lowest BCUT2D eigenvalue weighted by Gasteiger charge is -2.36. The van der Waals surface area contributed by atoms with Gasteiger partial charge in [-0.1, -0.05) is 23.5 Å². The molecule has 6 nitrogen and oxygen atoms in total. The zero-order chi connectivity index (χ0) is 21.0. The maximum Gasteiger partial charge on any atom is 0.279 e. The number of likely N-dealkylation sites (tertiary alicyclic amines) is 2. The number of aliphatic hydroxyl groups excluding tert-OH is 1. The highest BCUT2D eigenvalue weighted by atomic mass is 32.1. The van der Waals surface area contributed by atoms with Gasteiger partial charge in [0.1, 0.15) is 18.1 Å². The van der Waals surface area contributed by atoms with Gasteiger partial charge in [-0.3, -0.25) is 9.80 Å². The molecule has 2 fully saturated rings. The standard InChI is InChI=1S/C24H29N3O3S/c28-19-11-14-27(17-19)18-9-12-26(13-10-18)15-16-29-20-5-7-21(8-6-20)30-24-25-22-3-1-2-4-23(22)31-24/h1-8,18-19,28H,9-17H2/t19-/m0/s1. The van der Waals surface area contributed by atoms with Gasteiger partial charge in [0.2, 0.25) is 0 Å². The molecule has 0 aliphatic carbocycles. The van der Waals surface area contributed by atoms with Crippen molar-refractivity contribution in [3.05, 3.63) is 48.5 Å². The number of β-amino-alcohol motifs (C(OH)–C–C–N with tert-alkyl or cyclic N) is 1. The number of nitrogens with zero attached hydrogens (tertiary/aromatic N) is 3. The van der Waals surface area contributed by atoms with Crippen molar-refractivity contribution in [1.29, 1.82) is 0 Å². The minimum Gasteiger partial charge on any atom is -0.492 e. The van der Waals surface area contributed by atoms with Crippen LogP contribution in [0.25, 0.3) is 10.2 Å². The van der Waals surface area contributed by atoms with Gasteiger partial charge in [0.15, 0.2) is 0 Å². The first-order valence-corrected chi connectivity index (χ1v) is 12.0. The zero-order valence-corrected chi connectivity index (χ0v) is 18.5. The number of fused-ring (bicyclic) bond motifs is 1. The van der Waals surface area contributed by atoms with Crippen LogP contribution in [-0.4, -0.2) is 71.4 Å². The summed E-state index contributed by atoms with van der Waals surface area (Å²) in [6.07, 6.45) is 3.18. The Hall–Kier alpha value is -2.19. The first-order chi connectivity index (χ1) is 15.2. The number of aromatic nitrogens is 1. The predicted octanol–water partition coefficient (Wildman–Crippen LogP) is 4.00. The van der Waals surface area contributed by atoms with Crippen LogP contribution in [0.3, 0.4) is 0 Å². The van der Waals surface area contributed by atoms with Crippen LogP contribution >= 0.6 is 11.3 Å². The van der Waals surface area contributed by atoms with Gasteiger partial charge in [-0.2, -0.15) is 0 Å². The van der Waals surface area contributed by atoms with Crippen LogP contribution in [0.4, 0.5) is 0 Å². The van der Waals surface area contributed by atoms with E-state index in [1.165, 1.54) is 12.8 Å². The van der Waals surface area contributed by atoms with Gasteiger partial charge in [0, 0.05) is 25.7 Å². The molecule has 0 unspecified atom stereocenters.